The van der Waals surface area contributed by atoms with Gasteiger partial charge in [-0.25, -0.2) is 0 Å². The number of allylic oxidation sites excluding steroid dienone is 1. The summed E-state index contributed by atoms with van der Waals surface area (Å²) >= 11 is 0. The van der Waals surface area contributed by atoms with E-state index < -0.39 is 5.97 Å². The van der Waals surface area contributed by atoms with Gasteiger partial charge in [0.05, 0.1) is 30.1 Å². The molecule has 4 heterocycles. The van der Waals surface area contributed by atoms with Crippen LogP contribution >= 0.6 is 0 Å². The average Bonchev–Trinajstić information content (AvgIpc) is 3.14. The van der Waals surface area contributed by atoms with Gasteiger partial charge in [0.2, 0.25) is 5.91 Å². The molecular weight excluding hydrogens is 642 g/mol. The highest BCUT2D eigenvalue weighted by molar-refractivity contribution is 5.87. The highest BCUT2D eigenvalue weighted by Crippen LogP contribution is 2.23. The molecule has 3 aromatic heterocycles. The minimum atomic E-state index is -0.975. The van der Waals surface area contributed by atoms with E-state index in [2.05, 4.69) is 65.4 Å². The van der Waals surface area contributed by atoms with Crippen LogP contribution in [0, 0.1) is 0 Å². The van der Waals surface area contributed by atoms with E-state index in [1.54, 1.807) is 0 Å². The molecule has 2 N–H and O–H groups in total. The van der Waals surface area contributed by atoms with Crippen LogP contribution in [0.25, 0.3) is 0 Å². The topological polar surface area (TPSA) is 133 Å². The van der Waals surface area contributed by atoms with Gasteiger partial charge in [0.25, 0.3) is 0 Å². The molecule has 0 saturated carbocycles. The van der Waals surface area contributed by atoms with E-state index >= 15 is 0 Å². The van der Waals surface area contributed by atoms with Gasteiger partial charge in [0, 0.05) is 82.7 Å². The molecule has 51 heavy (non-hydrogen) atoms. The molecule has 5 rings (SSSR count). The van der Waals surface area contributed by atoms with Crippen LogP contribution in [0.3, 0.4) is 0 Å². The molecule has 266 valence electrons. The van der Waals surface area contributed by atoms with E-state index in [1.807, 2.05) is 73.3 Å². The number of carbonyl (C=O) groups excluding carboxylic acids is 1. The molecule has 0 radical (unpaired) electrons. The second-order valence-corrected chi connectivity index (χ2v) is 12.7. The fraction of sp³-hybridized carbons (Fsp3) is 0.350. The van der Waals surface area contributed by atoms with Gasteiger partial charge in [-0.3, -0.25) is 39.3 Å². The Morgan fingerprint density at radius 1 is 0.725 bits per heavy atom. The zero-order valence-corrected chi connectivity index (χ0v) is 29.1. The lowest BCUT2D eigenvalue weighted by molar-refractivity contribution is -0.138. The number of aromatic nitrogens is 3. The number of ether oxygens (including phenoxy) is 1. The Kier molecular flexibility index (Phi) is 14.8. The quantitative estimate of drug-likeness (QED) is 0.102. The smallest absolute Gasteiger partial charge is 0.303 e. The Balaban J connectivity index is 1.33. The third-order valence-electron chi connectivity index (χ3n) is 8.27. The molecule has 1 aliphatic rings. The number of amides is 1. The van der Waals surface area contributed by atoms with Crippen molar-refractivity contribution in [1.29, 1.82) is 0 Å². The van der Waals surface area contributed by atoms with Gasteiger partial charge < -0.3 is 15.2 Å². The minimum absolute atomic E-state index is 0.0134. The second-order valence-electron chi connectivity index (χ2n) is 12.7. The fourth-order valence-electron chi connectivity index (χ4n) is 5.89. The Morgan fingerprint density at radius 2 is 1.31 bits per heavy atom. The molecule has 0 atom stereocenters. The molecule has 0 fully saturated rings. The Hall–Kier alpha value is -5.26. The summed E-state index contributed by atoms with van der Waals surface area (Å²) in [6, 6.07) is 24.5. The molecule has 1 aliphatic heterocycles. The first-order valence-electron chi connectivity index (χ1n) is 17.6. The van der Waals surface area contributed by atoms with Crippen LogP contribution in [-0.2, 0) is 42.3 Å². The molecule has 0 aliphatic carbocycles. The summed E-state index contributed by atoms with van der Waals surface area (Å²) < 4.78 is 6.34. The maximum Gasteiger partial charge on any atom is 0.303 e. The summed E-state index contributed by atoms with van der Waals surface area (Å²) in [7, 11) is 0. The Labute approximate surface area is 300 Å². The number of carbonyl (C=O) groups is 2. The zero-order chi connectivity index (χ0) is 35.5. The lowest BCUT2D eigenvalue weighted by Crippen LogP contribution is -2.30. The van der Waals surface area contributed by atoms with Crippen molar-refractivity contribution in [2.45, 2.75) is 71.2 Å². The molecule has 11 heteroatoms. The molecule has 1 aromatic carbocycles. The van der Waals surface area contributed by atoms with Gasteiger partial charge in [-0.05, 0) is 85.3 Å². The SMILES string of the molecule is O=C(O)CCC(=O)NCCCCOc1cc(CN(CC2=NC=CCC2)Cc2ccccn2)cc(CN(Cc2ccccn2)Cc2ccccn2)c1. The molecule has 11 nitrogen and oxygen atoms in total. The summed E-state index contributed by atoms with van der Waals surface area (Å²) in [5.74, 6) is -0.432. The zero-order valence-electron chi connectivity index (χ0n) is 29.1. The van der Waals surface area contributed by atoms with Crippen LogP contribution in [0.1, 0.15) is 66.7 Å². The number of carboxylic acid groups (broad SMARTS) is 1. The largest absolute Gasteiger partial charge is 0.494 e. The van der Waals surface area contributed by atoms with E-state index in [1.165, 1.54) is 0 Å². The normalized spacial score (nSPS) is 12.5. The number of aliphatic carboxylic acids is 1. The van der Waals surface area contributed by atoms with Crippen molar-refractivity contribution >= 4 is 17.6 Å². The first-order valence-corrected chi connectivity index (χ1v) is 17.6. The number of unbranched alkanes of at least 4 members (excludes halogenated alkanes) is 1. The van der Waals surface area contributed by atoms with Crippen molar-refractivity contribution in [2.75, 3.05) is 19.7 Å². The maximum atomic E-state index is 11.9. The first kappa shape index (κ1) is 37.0. The number of nitrogens with one attached hydrogen (secondary N) is 1. The Morgan fingerprint density at radius 3 is 1.82 bits per heavy atom. The third kappa shape index (κ3) is 13.9. The summed E-state index contributed by atoms with van der Waals surface area (Å²) in [6.45, 7) is 5.07. The van der Waals surface area contributed by atoms with E-state index in [-0.39, 0.29) is 18.7 Å². The second kappa shape index (κ2) is 20.4. The monoisotopic (exact) mass is 689 g/mol. The molecule has 0 bridgehead atoms. The van der Waals surface area contributed by atoms with Gasteiger partial charge in [-0.15, -0.1) is 0 Å². The molecule has 1 amide bonds. The van der Waals surface area contributed by atoms with Crippen molar-refractivity contribution < 1.29 is 19.4 Å². The number of hydrogen-bond acceptors (Lipinski definition) is 9. The van der Waals surface area contributed by atoms with Crippen molar-refractivity contribution in [3.8, 4) is 5.75 Å². The number of carboxylic acids is 1. The van der Waals surface area contributed by atoms with Crippen LogP contribution in [-0.4, -0.2) is 67.1 Å². The van der Waals surface area contributed by atoms with Crippen molar-refractivity contribution in [3.05, 3.63) is 132 Å². The molecule has 4 aromatic rings. The van der Waals surface area contributed by atoms with Gasteiger partial charge in [0.1, 0.15) is 5.75 Å². The average molecular weight is 690 g/mol. The summed E-state index contributed by atoms with van der Waals surface area (Å²) in [5.41, 5.74) is 6.39. The predicted octanol–water partition coefficient (Wildman–Crippen LogP) is 5.96. The van der Waals surface area contributed by atoms with E-state index in [9.17, 15) is 9.59 Å². The van der Waals surface area contributed by atoms with Gasteiger partial charge in [0.15, 0.2) is 0 Å². The number of rotatable bonds is 21. The van der Waals surface area contributed by atoms with Gasteiger partial charge in [-0.2, -0.15) is 0 Å². The fourth-order valence-corrected chi connectivity index (χ4v) is 5.89. The van der Waals surface area contributed by atoms with E-state index in [4.69, 9.17) is 9.84 Å². The lowest BCUT2D eigenvalue weighted by atomic mass is 10.1. The number of hydrogen-bond donors (Lipinski definition) is 2. The highest BCUT2D eigenvalue weighted by atomic mass is 16.5. The van der Waals surface area contributed by atoms with Crippen LogP contribution < -0.4 is 10.1 Å². The summed E-state index contributed by atoms with van der Waals surface area (Å²) in [4.78, 5) is 45.8. The number of benzene rings is 1. The van der Waals surface area contributed by atoms with Gasteiger partial charge in [-0.1, -0.05) is 30.3 Å². The summed E-state index contributed by atoms with van der Waals surface area (Å²) in [5, 5.41) is 11.6. The standard InChI is InChI=1S/C40H47N7O4/c48-39(15-16-40(49)50)45-21-9-10-22-51-38-24-32(26-46(28-34-11-1-5-17-41-34)29-35-12-2-6-18-42-35)23-33(25-38)27-47(30-36-13-3-7-19-43-36)31-37-14-4-8-20-44-37/h1-3,5-8,11-13,17-20,23-25H,4,9-10,14-16,21-22,26-31H2,(H,45,48)(H,49,50). The molecule has 0 spiro atoms. The Bertz CT molecular complexity index is 1680. The van der Waals surface area contributed by atoms with Crippen LogP contribution in [0.4, 0.5) is 0 Å². The lowest BCUT2D eigenvalue weighted by Gasteiger charge is -2.25. The van der Waals surface area contributed by atoms with Crippen LogP contribution in [0.5, 0.6) is 5.75 Å². The molecule has 0 unspecified atom stereocenters. The first-order chi connectivity index (χ1) is 25.0. The van der Waals surface area contributed by atoms with E-state index in [0.29, 0.717) is 45.9 Å². The van der Waals surface area contributed by atoms with Gasteiger partial charge >= 0.3 is 5.97 Å². The number of aliphatic imine (C=N–C) groups is 1. The van der Waals surface area contributed by atoms with Crippen molar-refractivity contribution in [1.82, 2.24) is 30.1 Å². The van der Waals surface area contributed by atoms with Crippen molar-refractivity contribution in [3.63, 3.8) is 0 Å². The number of pyridine rings is 3. The predicted molar refractivity (Wildman–Crippen MR) is 197 cm³/mol. The highest BCUT2D eigenvalue weighted by Gasteiger charge is 2.16. The third-order valence-corrected chi connectivity index (χ3v) is 8.27. The molecule has 0 saturated heterocycles. The van der Waals surface area contributed by atoms with Crippen LogP contribution in [0.2, 0.25) is 0 Å². The maximum absolute atomic E-state index is 11.9. The van der Waals surface area contributed by atoms with E-state index in [0.717, 1.165) is 71.9 Å². The van der Waals surface area contributed by atoms with Crippen LogP contribution in [0.15, 0.2) is 109 Å². The summed E-state index contributed by atoms with van der Waals surface area (Å²) in [6.07, 6.45) is 12.7. The number of nitrogens with zero attached hydrogens (tertiary/aromatic N) is 6. The minimum Gasteiger partial charge on any atom is -0.494 e. The van der Waals surface area contributed by atoms with Crippen molar-refractivity contribution in [2.24, 2.45) is 4.99 Å². The molecular formula is C40H47N7O4.